The molecule has 1 unspecified atom stereocenters. The predicted molar refractivity (Wildman–Crippen MR) is 46.2 cm³/mol. The number of nitrogens with one attached hydrogen (secondary N) is 2. The van der Waals surface area contributed by atoms with Crippen molar-refractivity contribution in [3.8, 4) is 0 Å². The summed E-state index contributed by atoms with van der Waals surface area (Å²) in [6.07, 6.45) is 0.620. The standard InChI is InChI=1S/C3H13B3N2O/c4-1-3(9)2-7-6-8-5/h3,6-9H,1-2,4-5H2. The van der Waals surface area contributed by atoms with Gasteiger partial charge in [0.15, 0.2) is 7.98 Å². The monoisotopic (exact) mass is 126 g/mol. The van der Waals surface area contributed by atoms with Crippen molar-refractivity contribution in [2.75, 3.05) is 6.54 Å². The quantitative estimate of drug-likeness (QED) is 0.263. The highest BCUT2D eigenvalue weighted by Gasteiger charge is 1.97. The summed E-state index contributed by atoms with van der Waals surface area (Å²) in [7, 11) is 4.59. The molecule has 0 heterocycles. The molecule has 0 fully saturated rings. The average Bonchev–Trinajstić information content (AvgIpc) is 1.89. The van der Waals surface area contributed by atoms with Crippen LogP contribution in [-0.2, 0) is 0 Å². The summed E-state index contributed by atoms with van der Waals surface area (Å²) in [5.74, 6) is 0. The molecule has 0 spiro atoms. The molecule has 1 atom stereocenters. The smallest absolute Gasteiger partial charge is 0.274 e. The first kappa shape index (κ1) is 9.07. The van der Waals surface area contributed by atoms with Gasteiger partial charge in [0.05, 0.1) is 6.10 Å². The molecule has 0 aromatic rings. The molecule has 0 aliphatic rings. The van der Waals surface area contributed by atoms with E-state index in [1.807, 2.05) is 15.8 Å². The zero-order valence-electron chi connectivity index (χ0n) is 6.15. The highest BCUT2D eigenvalue weighted by Crippen LogP contribution is 1.82. The van der Waals surface area contributed by atoms with Crippen molar-refractivity contribution in [3.05, 3.63) is 0 Å². The molecule has 0 aromatic carbocycles. The largest absolute Gasteiger partial charge is 0.393 e. The van der Waals surface area contributed by atoms with E-state index in [2.05, 4.69) is 10.4 Å². The number of aliphatic hydroxyl groups excluding tert-OH is 1. The fraction of sp³-hybridized carbons (Fsp3) is 1.00. The number of rotatable bonds is 5. The molecule has 0 aliphatic heterocycles. The van der Waals surface area contributed by atoms with E-state index in [0.29, 0.717) is 6.54 Å². The number of hydrogen-bond acceptors (Lipinski definition) is 3. The second-order valence-corrected chi connectivity index (χ2v) is 2.05. The minimum atomic E-state index is -0.196. The van der Waals surface area contributed by atoms with Crippen molar-refractivity contribution in [1.82, 2.24) is 10.4 Å². The van der Waals surface area contributed by atoms with Crippen LogP contribution in [0.15, 0.2) is 0 Å². The molecule has 3 N–H and O–H groups in total. The van der Waals surface area contributed by atoms with Gasteiger partial charge in [0.1, 0.15) is 7.85 Å². The summed E-state index contributed by atoms with van der Waals surface area (Å²) in [5.41, 5.74) is 0. The zero-order chi connectivity index (χ0) is 7.11. The molecule has 3 nitrogen and oxygen atoms in total. The Bertz CT molecular complexity index is 65.0. The van der Waals surface area contributed by atoms with Crippen molar-refractivity contribution < 1.29 is 5.11 Å². The fourth-order valence-electron chi connectivity index (χ4n) is 0.508. The second-order valence-electron chi connectivity index (χ2n) is 2.05. The summed E-state index contributed by atoms with van der Waals surface area (Å²) >= 11 is 0. The van der Waals surface area contributed by atoms with Crippen molar-refractivity contribution in [2.45, 2.75) is 12.4 Å². The lowest BCUT2D eigenvalue weighted by atomic mass is 9.98. The number of hydrogen-bond donors (Lipinski definition) is 3. The van der Waals surface area contributed by atoms with Gasteiger partial charge in [0, 0.05) is 6.54 Å². The third-order valence-corrected chi connectivity index (χ3v) is 1.15. The summed E-state index contributed by atoms with van der Waals surface area (Å²) in [6, 6.07) is 0. The minimum Gasteiger partial charge on any atom is -0.393 e. The molecule has 0 aromatic heterocycles. The lowest BCUT2D eigenvalue weighted by molar-refractivity contribution is 0.199. The van der Waals surface area contributed by atoms with Gasteiger partial charge in [-0.15, -0.1) is 0 Å². The van der Waals surface area contributed by atoms with Crippen LogP contribution in [-0.4, -0.2) is 41.1 Å². The van der Waals surface area contributed by atoms with Gasteiger partial charge >= 0.3 is 0 Å². The molecule has 0 radical (unpaired) electrons. The van der Waals surface area contributed by atoms with Crippen LogP contribution in [0.2, 0.25) is 6.32 Å². The summed E-state index contributed by atoms with van der Waals surface area (Å²) < 4.78 is 0. The maximum absolute atomic E-state index is 8.99. The van der Waals surface area contributed by atoms with Gasteiger partial charge in [0.2, 0.25) is 0 Å². The van der Waals surface area contributed by atoms with Gasteiger partial charge in [-0.1, -0.05) is 6.32 Å². The van der Waals surface area contributed by atoms with Crippen molar-refractivity contribution in [2.24, 2.45) is 0 Å². The van der Waals surface area contributed by atoms with Gasteiger partial charge in [-0.25, -0.2) is 0 Å². The van der Waals surface area contributed by atoms with Gasteiger partial charge in [-0.2, -0.15) is 0 Å². The Kier molecular flexibility index (Phi) is 6.25. The van der Waals surface area contributed by atoms with E-state index in [1.165, 1.54) is 0 Å². The molecule has 9 heavy (non-hydrogen) atoms. The molecular weight excluding hydrogens is 112 g/mol. The minimum absolute atomic E-state index is 0.196. The van der Waals surface area contributed by atoms with Crippen LogP contribution >= 0.6 is 0 Å². The number of aliphatic hydroxyl groups is 1. The highest BCUT2D eigenvalue weighted by atomic mass is 16.3. The van der Waals surface area contributed by atoms with Crippen LogP contribution < -0.4 is 10.4 Å². The normalized spacial score (nSPS) is 13.0. The molecule has 0 amide bonds. The van der Waals surface area contributed by atoms with E-state index in [9.17, 15) is 0 Å². The Hall–Kier alpha value is 0.0748. The van der Waals surface area contributed by atoms with Crippen LogP contribution in [0.3, 0.4) is 0 Å². The third kappa shape index (κ3) is 5.95. The van der Waals surface area contributed by atoms with Crippen molar-refractivity contribution >= 4 is 23.4 Å². The Morgan fingerprint density at radius 3 is 2.78 bits per heavy atom. The predicted octanol–water partition coefficient (Wildman–Crippen LogP) is -3.61. The van der Waals surface area contributed by atoms with E-state index < -0.39 is 0 Å². The Labute approximate surface area is 58.7 Å². The topological polar surface area (TPSA) is 44.3 Å². The molecule has 0 saturated heterocycles. The van der Waals surface area contributed by atoms with E-state index >= 15 is 0 Å². The van der Waals surface area contributed by atoms with Gasteiger partial charge < -0.3 is 15.5 Å². The van der Waals surface area contributed by atoms with Crippen LogP contribution in [0.25, 0.3) is 0 Å². The summed E-state index contributed by atoms with van der Waals surface area (Å²) in [4.78, 5) is 0. The van der Waals surface area contributed by atoms with Crippen LogP contribution in [0, 0.1) is 0 Å². The maximum atomic E-state index is 8.99. The molecule has 6 heteroatoms. The zero-order valence-corrected chi connectivity index (χ0v) is 6.15. The van der Waals surface area contributed by atoms with Crippen LogP contribution in [0.1, 0.15) is 0 Å². The summed E-state index contributed by atoms with van der Waals surface area (Å²) in [6.45, 7) is 0.678. The SMILES string of the molecule is BCC(O)CNBNB. The molecule has 0 bridgehead atoms. The Balaban J connectivity index is 2.88. The molecule has 0 saturated carbocycles. The first-order valence-electron chi connectivity index (χ1n) is 3.34. The first-order chi connectivity index (χ1) is 4.31. The highest BCUT2D eigenvalue weighted by molar-refractivity contribution is 6.39. The van der Waals surface area contributed by atoms with Gasteiger partial charge in [-0.3, -0.25) is 0 Å². The van der Waals surface area contributed by atoms with E-state index in [-0.39, 0.29) is 6.10 Å². The van der Waals surface area contributed by atoms with E-state index in [4.69, 9.17) is 5.11 Å². The maximum Gasteiger partial charge on any atom is 0.274 e. The van der Waals surface area contributed by atoms with Crippen molar-refractivity contribution in [3.63, 3.8) is 0 Å². The first-order valence-corrected chi connectivity index (χ1v) is 3.34. The molecule has 0 rings (SSSR count). The molecule has 0 aliphatic carbocycles. The Morgan fingerprint density at radius 2 is 2.33 bits per heavy atom. The summed E-state index contributed by atoms with van der Waals surface area (Å²) in [5, 5.41) is 14.9. The second kappa shape index (κ2) is 6.20. The molecular formula is C3H13B3N2O. The van der Waals surface area contributed by atoms with E-state index in [1.54, 1.807) is 0 Å². The van der Waals surface area contributed by atoms with Crippen LogP contribution in [0.5, 0.6) is 0 Å². The van der Waals surface area contributed by atoms with Crippen LogP contribution in [0.4, 0.5) is 0 Å². The lowest BCUT2D eigenvalue weighted by Gasteiger charge is -2.06. The van der Waals surface area contributed by atoms with Crippen molar-refractivity contribution in [1.29, 1.82) is 0 Å². The van der Waals surface area contributed by atoms with Gasteiger partial charge in [-0.05, 0) is 0 Å². The Morgan fingerprint density at radius 1 is 1.67 bits per heavy atom. The fourth-order valence-corrected chi connectivity index (χ4v) is 0.508. The third-order valence-electron chi connectivity index (χ3n) is 1.15. The molecule has 50 valence electrons. The van der Waals surface area contributed by atoms with Gasteiger partial charge in [0.25, 0.3) is 7.55 Å². The van der Waals surface area contributed by atoms with E-state index in [0.717, 1.165) is 13.9 Å². The average molecular weight is 126 g/mol. The lowest BCUT2D eigenvalue weighted by Crippen LogP contribution is -2.36.